The molecule has 2 aromatic carbocycles. The zero-order chi connectivity index (χ0) is 20.4. The quantitative estimate of drug-likeness (QED) is 0.530. The summed E-state index contributed by atoms with van der Waals surface area (Å²) in [4.78, 5) is 16.8. The Morgan fingerprint density at radius 3 is 2.72 bits per heavy atom. The van der Waals surface area contributed by atoms with Gasteiger partial charge in [0.2, 0.25) is 11.8 Å². The van der Waals surface area contributed by atoms with E-state index in [0.29, 0.717) is 27.8 Å². The third-order valence-corrected chi connectivity index (χ3v) is 4.57. The number of halogens is 2. The molecule has 0 aliphatic heterocycles. The predicted octanol–water partition coefficient (Wildman–Crippen LogP) is 4.38. The zero-order valence-corrected chi connectivity index (χ0v) is 16.2. The molecule has 0 saturated carbocycles. The first-order chi connectivity index (χ1) is 14.0. The number of ether oxygens (including phenoxy) is 1. The van der Waals surface area contributed by atoms with Crippen LogP contribution in [0.4, 0.5) is 10.1 Å². The van der Waals surface area contributed by atoms with Gasteiger partial charge in [0, 0.05) is 16.7 Å². The number of imidazole rings is 1. The summed E-state index contributed by atoms with van der Waals surface area (Å²) in [7, 11) is 1.53. The number of fused-ring (bicyclic) bond motifs is 1. The van der Waals surface area contributed by atoms with Gasteiger partial charge in [0.25, 0.3) is 0 Å². The molecule has 1 N–H and O–H groups in total. The molecule has 4 rings (SSSR count). The van der Waals surface area contributed by atoms with E-state index in [2.05, 4.69) is 15.4 Å². The normalized spacial score (nSPS) is 10.9. The van der Waals surface area contributed by atoms with Gasteiger partial charge in [-0.2, -0.15) is 0 Å². The first kappa shape index (κ1) is 18.9. The van der Waals surface area contributed by atoms with Crippen molar-refractivity contribution < 1.29 is 13.9 Å². The summed E-state index contributed by atoms with van der Waals surface area (Å²) in [6, 6.07) is 14.9. The predicted molar refractivity (Wildman–Crippen MR) is 109 cm³/mol. The smallest absolute Gasteiger partial charge is 0.231 e. The Kier molecular flexibility index (Phi) is 5.14. The summed E-state index contributed by atoms with van der Waals surface area (Å²) in [6.45, 7) is 0. The van der Waals surface area contributed by atoms with Gasteiger partial charge in [-0.25, -0.2) is 13.9 Å². The second kappa shape index (κ2) is 7.89. The highest BCUT2D eigenvalue weighted by Gasteiger charge is 2.12. The number of aromatic nitrogens is 3. The molecule has 1 amide bonds. The Bertz CT molecular complexity index is 1190. The summed E-state index contributed by atoms with van der Waals surface area (Å²) < 4.78 is 20.9. The van der Waals surface area contributed by atoms with Gasteiger partial charge >= 0.3 is 0 Å². The van der Waals surface area contributed by atoms with Crippen LogP contribution in [0, 0.1) is 5.82 Å². The topological polar surface area (TPSA) is 68.5 Å². The highest BCUT2D eigenvalue weighted by Crippen LogP contribution is 2.25. The van der Waals surface area contributed by atoms with Crippen molar-refractivity contribution in [2.45, 2.75) is 6.42 Å². The number of anilines is 1. The molecule has 0 aliphatic carbocycles. The van der Waals surface area contributed by atoms with Gasteiger partial charge in [0.1, 0.15) is 5.82 Å². The Morgan fingerprint density at radius 1 is 1.17 bits per heavy atom. The fourth-order valence-electron chi connectivity index (χ4n) is 2.87. The fraction of sp³-hybridized carbons (Fsp3) is 0.0952. The lowest BCUT2D eigenvalue weighted by Gasteiger charge is -2.08. The fourth-order valence-corrected chi connectivity index (χ4v) is 3.00. The largest absolute Gasteiger partial charge is 0.480 e. The molecule has 0 atom stereocenters. The molecule has 2 heterocycles. The number of carbonyl (C=O) groups is 1. The molecule has 4 aromatic rings. The SMILES string of the molecule is COc1ccc2nc(-c3ccc(F)c(NC(=O)Cc4ccc(Cl)cc4)c3)cn2n1. The van der Waals surface area contributed by atoms with Crippen LogP contribution in [0.1, 0.15) is 5.56 Å². The van der Waals surface area contributed by atoms with E-state index in [1.165, 1.54) is 13.2 Å². The number of amides is 1. The van der Waals surface area contributed by atoms with E-state index in [1.807, 2.05) is 0 Å². The summed E-state index contributed by atoms with van der Waals surface area (Å²) in [5, 5.41) is 7.47. The highest BCUT2D eigenvalue weighted by atomic mass is 35.5. The Labute approximate surface area is 170 Å². The van der Waals surface area contributed by atoms with Gasteiger partial charge in [0.15, 0.2) is 5.65 Å². The number of rotatable bonds is 5. The highest BCUT2D eigenvalue weighted by molar-refractivity contribution is 6.30. The van der Waals surface area contributed by atoms with E-state index in [4.69, 9.17) is 16.3 Å². The molecule has 0 aliphatic rings. The Morgan fingerprint density at radius 2 is 1.97 bits per heavy atom. The lowest BCUT2D eigenvalue weighted by molar-refractivity contribution is -0.115. The maximum absolute atomic E-state index is 14.3. The van der Waals surface area contributed by atoms with Gasteiger partial charge in [-0.3, -0.25) is 4.79 Å². The molecule has 6 nitrogen and oxygen atoms in total. The van der Waals surface area contributed by atoms with Crippen LogP contribution in [0.15, 0.2) is 60.8 Å². The number of hydrogen-bond acceptors (Lipinski definition) is 4. The molecule has 0 saturated heterocycles. The molecule has 29 heavy (non-hydrogen) atoms. The summed E-state index contributed by atoms with van der Waals surface area (Å²) in [5.74, 6) is -0.401. The number of hydrogen-bond donors (Lipinski definition) is 1. The molecule has 0 fully saturated rings. The van der Waals surface area contributed by atoms with Gasteiger partial charge in [-0.15, -0.1) is 5.10 Å². The lowest BCUT2D eigenvalue weighted by atomic mass is 10.1. The Hall–Kier alpha value is -3.45. The third kappa shape index (κ3) is 4.20. The van der Waals surface area contributed by atoms with Crippen LogP contribution < -0.4 is 10.1 Å². The third-order valence-electron chi connectivity index (χ3n) is 4.32. The van der Waals surface area contributed by atoms with E-state index in [0.717, 1.165) is 5.56 Å². The van der Waals surface area contributed by atoms with E-state index in [1.54, 1.807) is 59.2 Å². The number of benzene rings is 2. The zero-order valence-electron chi connectivity index (χ0n) is 15.4. The van der Waals surface area contributed by atoms with Crippen molar-refractivity contribution in [2.24, 2.45) is 0 Å². The van der Waals surface area contributed by atoms with Crippen LogP contribution in [-0.2, 0) is 11.2 Å². The minimum Gasteiger partial charge on any atom is -0.480 e. The molecule has 2 aromatic heterocycles. The summed E-state index contributed by atoms with van der Waals surface area (Å²) in [6.07, 6.45) is 1.82. The minimum absolute atomic E-state index is 0.0871. The first-order valence-electron chi connectivity index (χ1n) is 8.76. The van der Waals surface area contributed by atoms with Gasteiger partial charge in [-0.05, 0) is 42.0 Å². The molecule has 0 bridgehead atoms. The van der Waals surface area contributed by atoms with Crippen molar-refractivity contribution in [3.05, 3.63) is 77.2 Å². The molecular formula is C21H16ClFN4O2. The van der Waals surface area contributed by atoms with Crippen LogP contribution in [0.3, 0.4) is 0 Å². The maximum Gasteiger partial charge on any atom is 0.231 e. The van der Waals surface area contributed by atoms with Crippen LogP contribution in [0.2, 0.25) is 5.02 Å². The number of nitrogens with one attached hydrogen (secondary N) is 1. The standard InChI is InChI=1S/C21H16ClFN4O2/c1-29-21-9-8-19-24-18(12-27(19)26-21)14-4-7-16(23)17(11-14)25-20(28)10-13-2-5-15(22)6-3-13/h2-9,11-12H,10H2,1H3,(H,25,28). The van der Waals surface area contributed by atoms with Crippen LogP contribution >= 0.6 is 11.6 Å². The lowest BCUT2D eigenvalue weighted by Crippen LogP contribution is -2.15. The van der Waals surface area contributed by atoms with Gasteiger partial charge < -0.3 is 10.1 Å². The first-order valence-corrected chi connectivity index (χ1v) is 9.14. The van der Waals surface area contributed by atoms with Crippen LogP contribution in [0.5, 0.6) is 5.88 Å². The minimum atomic E-state index is -0.526. The van der Waals surface area contributed by atoms with Crippen LogP contribution in [-0.4, -0.2) is 27.6 Å². The molecule has 8 heteroatoms. The Balaban J connectivity index is 1.57. The molecule has 146 valence electrons. The summed E-state index contributed by atoms with van der Waals surface area (Å²) >= 11 is 5.85. The molecule has 0 unspecified atom stereocenters. The van der Waals surface area contributed by atoms with Crippen LogP contribution in [0.25, 0.3) is 16.9 Å². The van der Waals surface area contributed by atoms with E-state index >= 15 is 0 Å². The van der Waals surface area contributed by atoms with Crippen molar-refractivity contribution >= 4 is 28.8 Å². The monoisotopic (exact) mass is 410 g/mol. The van der Waals surface area contributed by atoms with Crippen molar-refractivity contribution in [1.29, 1.82) is 0 Å². The average Bonchev–Trinajstić information content (AvgIpc) is 3.14. The van der Waals surface area contributed by atoms with E-state index in [-0.39, 0.29) is 18.0 Å². The summed E-state index contributed by atoms with van der Waals surface area (Å²) in [5.41, 5.74) is 2.74. The van der Waals surface area contributed by atoms with Crippen molar-refractivity contribution in [2.75, 3.05) is 12.4 Å². The second-order valence-electron chi connectivity index (χ2n) is 6.35. The van der Waals surface area contributed by atoms with E-state index < -0.39 is 5.82 Å². The number of nitrogens with zero attached hydrogens (tertiary/aromatic N) is 3. The molecule has 0 radical (unpaired) electrons. The molecule has 0 spiro atoms. The average molecular weight is 411 g/mol. The van der Waals surface area contributed by atoms with E-state index in [9.17, 15) is 9.18 Å². The van der Waals surface area contributed by atoms with Gasteiger partial charge in [-0.1, -0.05) is 23.7 Å². The van der Waals surface area contributed by atoms with Crippen molar-refractivity contribution in [1.82, 2.24) is 14.6 Å². The second-order valence-corrected chi connectivity index (χ2v) is 6.79. The van der Waals surface area contributed by atoms with Gasteiger partial charge in [0.05, 0.1) is 31.1 Å². The molecular weight excluding hydrogens is 395 g/mol. The number of methoxy groups -OCH3 is 1. The van der Waals surface area contributed by atoms with Crippen molar-refractivity contribution in [3.63, 3.8) is 0 Å². The maximum atomic E-state index is 14.3. The number of carbonyl (C=O) groups excluding carboxylic acids is 1. The van der Waals surface area contributed by atoms with Crippen molar-refractivity contribution in [3.8, 4) is 17.1 Å².